The van der Waals surface area contributed by atoms with Crippen molar-refractivity contribution in [2.24, 2.45) is 0 Å². The number of ether oxygens (including phenoxy) is 1. The molecule has 0 aromatic heterocycles. The smallest absolute Gasteiger partial charge is 0.233 e. The zero-order valence-electron chi connectivity index (χ0n) is 8.38. The second kappa shape index (κ2) is 5.19. The van der Waals surface area contributed by atoms with Crippen molar-refractivity contribution in [2.75, 3.05) is 33.3 Å². The Labute approximate surface area is 79.2 Å². The van der Waals surface area contributed by atoms with Crippen LogP contribution in [0.15, 0.2) is 0 Å². The van der Waals surface area contributed by atoms with Crippen LogP contribution in [0.4, 0.5) is 0 Å². The number of carbonyl (C=O) groups excluding carboxylic acids is 1. The SMILES string of the molecule is CNC(=O)CN1CCCOC(C)C1. The van der Waals surface area contributed by atoms with Crippen molar-refractivity contribution in [3.63, 3.8) is 0 Å². The van der Waals surface area contributed by atoms with Gasteiger partial charge in [-0.2, -0.15) is 0 Å². The molecule has 1 amide bonds. The van der Waals surface area contributed by atoms with E-state index in [0.29, 0.717) is 6.54 Å². The van der Waals surface area contributed by atoms with Crippen molar-refractivity contribution in [3.8, 4) is 0 Å². The summed E-state index contributed by atoms with van der Waals surface area (Å²) >= 11 is 0. The lowest BCUT2D eigenvalue weighted by molar-refractivity contribution is -0.121. The Hall–Kier alpha value is -0.610. The number of carbonyl (C=O) groups is 1. The van der Waals surface area contributed by atoms with Crippen molar-refractivity contribution in [1.82, 2.24) is 10.2 Å². The zero-order valence-corrected chi connectivity index (χ0v) is 8.38. The van der Waals surface area contributed by atoms with E-state index >= 15 is 0 Å². The lowest BCUT2D eigenvalue weighted by Gasteiger charge is -2.20. The Morgan fingerprint density at radius 1 is 1.69 bits per heavy atom. The molecule has 1 aliphatic rings. The second-order valence-corrected chi connectivity index (χ2v) is 3.44. The number of likely N-dealkylation sites (N-methyl/N-ethyl adjacent to an activating group) is 1. The highest BCUT2D eigenvalue weighted by molar-refractivity contribution is 5.77. The van der Waals surface area contributed by atoms with Crippen LogP contribution >= 0.6 is 0 Å². The maximum Gasteiger partial charge on any atom is 0.233 e. The van der Waals surface area contributed by atoms with Gasteiger partial charge in [0.15, 0.2) is 0 Å². The summed E-state index contributed by atoms with van der Waals surface area (Å²) in [5, 5.41) is 2.63. The van der Waals surface area contributed by atoms with E-state index in [1.54, 1.807) is 7.05 Å². The minimum absolute atomic E-state index is 0.0779. The van der Waals surface area contributed by atoms with E-state index in [1.165, 1.54) is 0 Å². The summed E-state index contributed by atoms with van der Waals surface area (Å²) in [7, 11) is 1.67. The summed E-state index contributed by atoms with van der Waals surface area (Å²) in [6, 6.07) is 0. The third kappa shape index (κ3) is 3.74. The highest BCUT2D eigenvalue weighted by Gasteiger charge is 2.16. The molecule has 1 N–H and O–H groups in total. The summed E-state index contributed by atoms with van der Waals surface area (Å²) < 4.78 is 5.47. The first-order valence-corrected chi connectivity index (χ1v) is 4.77. The molecule has 1 fully saturated rings. The van der Waals surface area contributed by atoms with Crippen LogP contribution in [0.3, 0.4) is 0 Å². The Morgan fingerprint density at radius 2 is 2.46 bits per heavy atom. The topological polar surface area (TPSA) is 41.6 Å². The van der Waals surface area contributed by atoms with Crippen molar-refractivity contribution >= 4 is 5.91 Å². The largest absolute Gasteiger partial charge is 0.377 e. The molecule has 13 heavy (non-hydrogen) atoms. The lowest BCUT2D eigenvalue weighted by Crippen LogP contribution is -2.38. The average Bonchev–Trinajstić information content (AvgIpc) is 2.30. The van der Waals surface area contributed by atoms with Gasteiger partial charge in [0, 0.05) is 26.7 Å². The maximum absolute atomic E-state index is 11.1. The highest BCUT2D eigenvalue weighted by atomic mass is 16.5. The second-order valence-electron chi connectivity index (χ2n) is 3.44. The van der Waals surface area contributed by atoms with E-state index in [1.807, 2.05) is 6.92 Å². The monoisotopic (exact) mass is 186 g/mol. The Balaban J connectivity index is 2.34. The predicted molar refractivity (Wildman–Crippen MR) is 50.5 cm³/mol. The average molecular weight is 186 g/mol. The first-order chi connectivity index (χ1) is 6.22. The summed E-state index contributed by atoms with van der Waals surface area (Å²) in [6.07, 6.45) is 1.26. The third-order valence-corrected chi connectivity index (χ3v) is 2.18. The van der Waals surface area contributed by atoms with E-state index in [0.717, 1.165) is 26.1 Å². The van der Waals surface area contributed by atoms with E-state index in [4.69, 9.17) is 4.74 Å². The molecule has 1 atom stereocenters. The summed E-state index contributed by atoms with van der Waals surface area (Å²) in [5.74, 6) is 0.0779. The Bertz CT molecular complexity index is 173. The van der Waals surface area contributed by atoms with Gasteiger partial charge in [0.25, 0.3) is 0 Å². The van der Waals surface area contributed by atoms with E-state index in [-0.39, 0.29) is 12.0 Å². The maximum atomic E-state index is 11.1. The van der Waals surface area contributed by atoms with Gasteiger partial charge in [-0.1, -0.05) is 0 Å². The molecule has 4 heteroatoms. The van der Waals surface area contributed by atoms with Gasteiger partial charge in [-0.05, 0) is 13.3 Å². The van der Waals surface area contributed by atoms with Crippen LogP contribution in [0.5, 0.6) is 0 Å². The van der Waals surface area contributed by atoms with E-state index in [2.05, 4.69) is 10.2 Å². The molecule has 0 spiro atoms. The van der Waals surface area contributed by atoms with Crippen molar-refractivity contribution < 1.29 is 9.53 Å². The van der Waals surface area contributed by atoms with E-state index < -0.39 is 0 Å². The van der Waals surface area contributed by atoms with Gasteiger partial charge in [-0.15, -0.1) is 0 Å². The van der Waals surface area contributed by atoms with Gasteiger partial charge < -0.3 is 10.1 Å². The molecule has 0 aromatic rings. The van der Waals surface area contributed by atoms with Crippen LogP contribution < -0.4 is 5.32 Å². The first kappa shape index (κ1) is 10.5. The van der Waals surface area contributed by atoms with Gasteiger partial charge in [0.05, 0.1) is 12.6 Å². The minimum atomic E-state index is 0.0779. The fourth-order valence-corrected chi connectivity index (χ4v) is 1.51. The van der Waals surface area contributed by atoms with Gasteiger partial charge in [-0.25, -0.2) is 0 Å². The molecular formula is C9H18N2O2. The van der Waals surface area contributed by atoms with Crippen molar-refractivity contribution in [1.29, 1.82) is 0 Å². The number of nitrogens with one attached hydrogen (secondary N) is 1. The molecule has 0 saturated carbocycles. The molecule has 1 unspecified atom stereocenters. The van der Waals surface area contributed by atoms with E-state index in [9.17, 15) is 4.79 Å². The standard InChI is InChI=1S/C9H18N2O2/c1-8-6-11(4-3-5-13-8)7-9(12)10-2/h8H,3-7H2,1-2H3,(H,10,12). The number of rotatable bonds is 2. The fraction of sp³-hybridized carbons (Fsp3) is 0.889. The lowest BCUT2D eigenvalue weighted by atomic mass is 10.3. The molecule has 0 aromatic carbocycles. The number of nitrogens with zero attached hydrogens (tertiary/aromatic N) is 1. The van der Waals surface area contributed by atoms with Crippen LogP contribution in [-0.4, -0.2) is 50.2 Å². The van der Waals surface area contributed by atoms with Crippen LogP contribution in [0.2, 0.25) is 0 Å². The molecule has 1 rings (SSSR count). The van der Waals surface area contributed by atoms with Crippen LogP contribution in [0, 0.1) is 0 Å². The molecule has 1 saturated heterocycles. The van der Waals surface area contributed by atoms with Crippen molar-refractivity contribution in [2.45, 2.75) is 19.4 Å². The molecular weight excluding hydrogens is 168 g/mol. The van der Waals surface area contributed by atoms with Gasteiger partial charge in [0.1, 0.15) is 0 Å². The number of hydrogen-bond acceptors (Lipinski definition) is 3. The Morgan fingerprint density at radius 3 is 3.15 bits per heavy atom. The van der Waals surface area contributed by atoms with Crippen LogP contribution in [-0.2, 0) is 9.53 Å². The summed E-state index contributed by atoms with van der Waals surface area (Å²) in [4.78, 5) is 13.2. The molecule has 0 radical (unpaired) electrons. The fourth-order valence-electron chi connectivity index (χ4n) is 1.51. The normalized spacial score (nSPS) is 25.2. The molecule has 1 aliphatic heterocycles. The van der Waals surface area contributed by atoms with Crippen LogP contribution in [0.25, 0.3) is 0 Å². The first-order valence-electron chi connectivity index (χ1n) is 4.77. The summed E-state index contributed by atoms with van der Waals surface area (Å²) in [6.45, 7) is 5.16. The number of hydrogen-bond donors (Lipinski definition) is 1. The highest BCUT2D eigenvalue weighted by Crippen LogP contribution is 2.04. The summed E-state index contributed by atoms with van der Waals surface area (Å²) in [5.41, 5.74) is 0. The van der Waals surface area contributed by atoms with Gasteiger partial charge in [-0.3, -0.25) is 9.69 Å². The molecule has 1 heterocycles. The molecule has 0 bridgehead atoms. The number of amides is 1. The van der Waals surface area contributed by atoms with Gasteiger partial charge >= 0.3 is 0 Å². The molecule has 0 aliphatic carbocycles. The Kier molecular flexibility index (Phi) is 4.18. The molecule has 4 nitrogen and oxygen atoms in total. The molecule has 76 valence electrons. The van der Waals surface area contributed by atoms with Crippen molar-refractivity contribution in [3.05, 3.63) is 0 Å². The quantitative estimate of drug-likeness (QED) is 0.651. The van der Waals surface area contributed by atoms with Gasteiger partial charge in [0.2, 0.25) is 5.91 Å². The zero-order chi connectivity index (χ0) is 9.68. The minimum Gasteiger partial charge on any atom is -0.377 e. The predicted octanol–water partition coefficient (Wildman–Crippen LogP) is -0.157. The van der Waals surface area contributed by atoms with Crippen LogP contribution in [0.1, 0.15) is 13.3 Å². The third-order valence-electron chi connectivity index (χ3n) is 2.18.